The van der Waals surface area contributed by atoms with E-state index in [1.165, 1.54) is 0 Å². The zero-order chi connectivity index (χ0) is 23.9. The van der Waals surface area contributed by atoms with Crippen LogP contribution >= 0.6 is 0 Å². The number of ketones is 1. The molecule has 2 aliphatic carbocycles. The first-order valence-electron chi connectivity index (χ1n) is 12.8. The summed E-state index contributed by atoms with van der Waals surface area (Å²) in [7, 11) is 2.11. The van der Waals surface area contributed by atoms with Gasteiger partial charge in [-0.15, -0.1) is 0 Å². The maximum Gasteiger partial charge on any atom is 0.242 e. The molecule has 4 aliphatic rings. The Labute approximate surface area is 203 Å². The number of piperazine rings is 1. The molecule has 0 aromatic heterocycles. The third kappa shape index (κ3) is 4.52. The van der Waals surface area contributed by atoms with E-state index in [2.05, 4.69) is 60.3 Å². The highest BCUT2D eigenvalue weighted by atomic mass is 16.2. The summed E-state index contributed by atoms with van der Waals surface area (Å²) >= 11 is 0. The smallest absolute Gasteiger partial charge is 0.242 e. The second kappa shape index (κ2) is 9.21. The molecule has 0 bridgehead atoms. The van der Waals surface area contributed by atoms with Gasteiger partial charge in [0.1, 0.15) is 0 Å². The third-order valence-corrected chi connectivity index (χ3v) is 7.97. The zero-order valence-corrected chi connectivity index (χ0v) is 20.8. The lowest BCUT2D eigenvalue weighted by atomic mass is 9.71. The molecule has 5 rings (SSSR count). The van der Waals surface area contributed by atoms with Crippen molar-refractivity contribution in [1.29, 1.82) is 0 Å². The van der Waals surface area contributed by atoms with Crippen LogP contribution in [0.5, 0.6) is 0 Å². The van der Waals surface area contributed by atoms with Crippen LogP contribution in [0.15, 0.2) is 47.7 Å². The molecule has 34 heavy (non-hydrogen) atoms. The van der Waals surface area contributed by atoms with Crippen LogP contribution in [0.4, 0.5) is 11.4 Å². The van der Waals surface area contributed by atoms with Crippen molar-refractivity contribution in [1.82, 2.24) is 9.80 Å². The predicted molar refractivity (Wildman–Crippen MR) is 137 cm³/mol. The average molecular weight is 463 g/mol. The summed E-state index contributed by atoms with van der Waals surface area (Å²) in [4.78, 5) is 33.9. The van der Waals surface area contributed by atoms with Crippen LogP contribution in [0.1, 0.15) is 46.0 Å². The van der Waals surface area contributed by atoms with Crippen molar-refractivity contribution in [3.8, 4) is 0 Å². The second-order valence-corrected chi connectivity index (χ2v) is 11.3. The molecular formula is C28H38N4O2. The van der Waals surface area contributed by atoms with E-state index in [9.17, 15) is 9.59 Å². The summed E-state index contributed by atoms with van der Waals surface area (Å²) < 4.78 is 0. The number of likely N-dealkylation sites (N-methyl/N-ethyl adjacent to an activating group) is 1. The number of carbonyl (C=O) groups is 2. The molecule has 0 spiro atoms. The molecule has 182 valence electrons. The van der Waals surface area contributed by atoms with Gasteiger partial charge in [0, 0.05) is 43.9 Å². The number of hydrogen-bond donors (Lipinski definition) is 1. The molecule has 6 nitrogen and oxygen atoms in total. The molecule has 2 atom stereocenters. The molecule has 1 saturated heterocycles. The minimum Gasteiger partial charge on any atom is -0.357 e. The highest BCUT2D eigenvalue weighted by molar-refractivity contribution is 6.01. The maximum absolute atomic E-state index is 13.7. The van der Waals surface area contributed by atoms with E-state index >= 15 is 0 Å². The van der Waals surface area contributed by atoms with Crippen molar-refractivity contribution in [2.75, 3.05) is 50.0 Å². The van der Waals surface area contributed by atoms with Gasteiger partial charge in [0.25, 0.3) is 0 Å². The minimum absolute atomic E-state index is 0.0697. The number of carbonyl (C=O) groups excluding carboxylic acids is 2. The Morgan fingerprint density at radius 1 is 1.09 bits per heavy atom. The first kappa shape index (κ1) is 23.2. The van der Waals surface area contributed by atoms with Crippen molar-refractivity contribution in [3.05, 3.63) is 47.7 Å². The van der Waals surface area contributed by atoms with Crippen LogP contribution in [-0.2, 0) is 9.59 Å². The largest absolute Gasteiger partial charge is 0.357 e. The van der Waals surface area contributed by atoms with Crippen molar-refractivity contribution in [2.45, 2.75) is 52.0 Å². The fourth-order valence-electron chi connectivity index (χ4n) is 6.17. The molecule has 2 heterocycles. The molecular weight excluding hydrogens is 424 g/mol. The number of rotatable bonds is 3. The summed E-state index contributed by atoms with van der Waals surface area (Å²) in [5.74, 6) is 0.712. The molecule has 1 amide bonds. The van der Waals surface area contributed by atoms with Crippen molar-refractivity contribution >= 4 is 23.1 Å². The van der Waals surface area contributed by atoms with Gasteiger partial charge in [-0.05, 0) is 56.2 Å². The number of hydrogen-bond acceptors (Lipinski definition) is 5. The zero-order valence-electron chi connectivity index (χ0n) is 20.8. The van der Waals surface area contributed by atoms with E-state index < -0.39 is 0 Å². The number of allylic oxidation sites excluding steroid dienone is 3. The number of amides is 1. The van der Waals surface area contributed by atoms with Gasteiger partial charge in [-0.2, -0.15) is 0 Å². The Balaban J connectivity index is 1.58. The van der Waals surface area contributed by atoms with E-state index in [1.54, 1.807) is 0 Å². The fourth-order valence-corrected chi connectivity index (χ4v) is 6.17. The normalized spacial score (nSPS) is 27.1. The molecule has 6 heteroatoms. The number of fused-ring (bicyclic) bond motifs is 1. The van der Waals surface area contributed by atoms with Crippen LogP contribution in [0, 0.1) is 11.3 Å². The van der Waals surface area contributed by atoms with Gasteiger partial charge in [-0.25, -0.2) is 0 Å². The van der Waals surface area contributed by atoms with Crippen LogP contribution < -0.4 is 10.2 Å². The number of para-hydroxylation sites is 2. The van der Waals surface area contributed by atoms with Gasteiger partial charge < -0.3 is 20.0 Å². The van der Waals surface area contributed by atoms with E-state index in [0.717, 1.165) is 74.5 Å². The molecule has 1 fully saturated rings. The standard InChI is InChI=1S/C28H38N4O2/c1-28(2)17-22-26(24(33)18-28)27(20-9-5-4-6-10-20)32(23-12-8-7-11-21(23)29-22)19-25(34)31-15-13-30(3)14-16-31/h4-5,7-8,11-12,20,27,29H,6,9-10,13-19H2,1-3H3/t20-,27-/m0/s1. The van der Waals surface area contributed by atoms with Gasteiger partial charge in [-0.3, -0.25) is 9.59 Å². The first-order chi connectivity index (χ1) is 16.3. The number of nitrogens with zero attached hydrogens (tertiary/aromatic N) is 3. The van der Waals surface area contributed by atoms with Crippen LogP contribution in [0.25, 0.3) is 0 Å². The highest BCUT2D eigenvalue weighted by Crippen LogP contribution is 2.46. The van der Waals surface area contributed by atoms with Gasteiger partial charge in [0.05, 0.1) is 24.0 Å². The quantitative estimate of drug-likeness (QED) is 0.687. The van der Waals surface area contributed by atoms with Gasteiger partial charge in [0.2, 0.25) is 5.91 Å². The lowest BCUT2D eigenvalue weighted by Gasteiger charge is -2.42. The lowest BCUT2D eigenvalue weighted by Crippen LogP contribution is -2.53. The molecule has 0 unspecified atom stereocenters. The van der Waals surface area contributed by atoms with E-state index in [-0.39, 0.29) is 23.1 Å². The molecule has 0 saturated carbocycles. The summed E-state index contributed by atoms with van der Waals surface area (Å²) in [5, 5.41) is 3.67. The molecule has 0 radical (unpaired) electrons. The van der Waals surface area contributed by atoms with E-state index in [4.69, 9.17) is 0 Å². The topological polar surface area (TPSA) is 55.9 Å². The monoisotopic (exact) mass is 462 g/mol. The Kier molecular flexibility index (Phi) is 6.28. The van der Waals surface area contributed by atoms with Crippen LogP contribution in [0.2, 0.25) is 0 Å². The molecule has 1 aromatic rings. The van der Waals surface area contributed by atoms with Crippen molar-refractivity contribution in [2.24, 2.45) is 11.3 Å². The Hall–Kier alpha value is -2.60. The fraction of sp³-hybridized carbons (Fsp3) is 0.571. The van der Waals surface area contributed by atoms with Gasteiger partial charge in [-0.1, -0.05) is 38.1 Å². The Morgan fingerprint density at radius 3 is 2.59 bits per heavy atom. The van der Waals surface area contributed by atoms with Crippen molar-refractivity contribution in [3.63, 3.8) is 0 Å². The molecule has 1 aromatic carbocycles. The van der Waals surface area contributed by atoms with Crippen LogP contribution in [0.3, 0.4) is 0 Å². The maximum atomic E-state index is 13.7. The summed E-state index contributed by atoms with van der Waals surface area (Å²) in [6, 6.07) is 8.19. The number of anilines is 2. The first-order valence-corrected chi connectivity index (χ1v) is 12.8. The van der Waals surface area contributed by atoms with E-state index in [1.807, 2.05) is 17.0 Å². The number of Topliss-reactive ketones (excluding diaryl/α,β-unsaturated/α-hetero) is 1. The van der Waals surface area contributed by atoms with Crippen LogP contribution in [-0.4, -0.2) is 67.3 Å². The average Bonchev–Trinajstić information content (AvgIpc) is 2.94. The molecule has 2 aliphatic heterocycles. The second-order valence-electron chi connectivity index (χ2n) is 11.3. The number of nitrogens with one attached hydrogen (secondary N) is 1. The predicted octanol–water partition coefficient (Wildman–Crippen LogP) is 4.06. The summed E-state index contributed by atoms with van der Waals surface area (Å²) in [6.07, 6.45) is 8.93. The van der Waals surface area contributed by atoms with Gasteiger partial charge >= 0.3 is 0 Å². The van der Waals surface area contributed by atoms with Gasteiger partial charge in [0.15, 0.2) is 5.78 Å². The number of benzene rings is 1. The highest BCUT2D eigenvalue weighted by Gasteiger charge is 2.44. The van der Waals surface area contributed by atoms with Crippen molar-refractivity contribution < 1.29 is 9.59 Å². The Bertz CT molecular complexity index is 1020. The lowest BCUT2D eigenvalue weighted by molar-refractivity contribution is -0.131. The third-order valence-electron chi connectivity index (χ3n) is 7.97. The summed E-state index contributed by atoms with van der Waals surface area (Å²) in [5.41, 5.74) is 3.94. The minimum atomic E-state index is -0.0869. The Morgan fingerprint density at radius 2 is 1.85 bits per heavy atom. The van der Waals surface area contributed by atoms with E-state index in [0.29, 0.717) is 18.9 Å². The summed E-state index contributed by atoms with van der Waals surface area (Å²) in [6.45, 7) is 8.01. The SMILES string of the molecule is CN1CCN(C(=O)CN2c3ccccc3NC3=C(C(=O)CC(C)(C)C3)[C@@H]2[C@H]2CC=CCC2)CC1. The molecule has 1 N–H and O–H groups in total.